The van der Waals surface area contributed by atoms with E-state index >= 15 is 0 Å². The van der Waals surface area contributed by atoms with E-state index in [2.05, 4.69) is 0 Å². The summed E-state index contributed by atoms with van der Waals surface area (Å²) in [6.45, 7) is 1.25. The number of pyridine rings is 1. The van der Waals surface area contributed by atoms with Gasteiger partial charge in [0.05, 0.1) is 6.61 Å². The molecular formula is C16H14FNO5. The average Bonchev–Trinajstić information content (AvgIpc) is 2.49. The molecule has 1 heterocycles. The Hall–Kier alpha value is -2.96. The van der Waals surface area contributed by atoms with Crippen molar-refractivity contribution >= 4 is 11.9 Å². The van der Waals surface area contributed by atoms with Crippen molar-refractivity contribution in [3.05, 3.63) is 58.3 Å². The highest BCUT2D eigenvalue weighted by molar-refractivity contribution is 5.90. The first kappa shape index (κ1) is 16.4. The van der Waals surface area contributed by atoms with Crippen molar-refractivity contribution in [1.29, 1.82) is 0 Å². The molecular weight excluding hydrogens is 305 g/mol. The predicted octanol–water partition coefficient (Wildman–Crippen LogP) is 1.92. The number of carboxylic acid groups (broad SMARTS) is 1. The molecule has 1 aromatic carbocycles. The molecule has 0 radical (unpaired) electrons. The number of hydrogen-bond donors (Lipinski definition) is 1. The van der Waals surface area contributed by atoms with Gasteiger partial charge in [-0.1, -0.05) is 12.1 Å². The smallest absolute Gasteiger partial charge is 0.343 e. The molecule has 0 bridgehead atoms. The van der Waals surface area contributed by atoms with Crippen LogP contribution < -0.4 is 5.43 Å². The Balaban J connectivity index is 2.62. The molecule has 0 unspecified atom stereocenters. The third-order valence-corrected chi connectivity index (χ3v) is 3.05. The summed E-state index contributed by atoms with van der Waals surface area (Å²) >= 11 is 0. The van der Waals surface area contributed by atoms with Crippen molar-refractivity contribution in [3.8, 4) is 11.1 Å². The van der Waals surface area contributed by atoms with Crippen LogP contribution in [0.2, 0.25) is 0 Å². The summed E-state index contributed by atoms with van der Waals surface area (Å²) in [5.41, 5.74) is -0.398. The summed E-state index contributed by atoms with van der Waals surface area (Å²) in [7, 11) is 0. The minimum absolute atomic E-state index is 0.0813. The Morgan fingerprint density at radius 1 is 1.22 bits per heavy atom. The molecule has 0 aliphatic heterocycles. The van der Waals surface area contributed by atoms with Gasteiger partial charge in [0.15, 0.2) is 0 Å². The van der Waals surface area contributed by atoms with Gasteiger partial charge in [0.2, 0.25) is 5.43 Å². The molecule has 0 spiro atoms. The number of esters is 1. The van der Waals surface area contributed by atoms with Gasteiger partial charge in [-0.25, -0.2) is 9.18 Å². The molecule has 2 aromatic rings. The van der Waals surface area contributed by atoms with E-state index in [1.54, 1.807) is 6.92 Å². The van der Waals surface area contributed by atoms with Gasteiger partial charge in [0.1, 0.15) is 17.9 Å². The number of carboxylic acids is 1. The molecule has 120 valence electrons. The van der Waals surface area contributed by atoms with E-state index < -0.39 is 29.7 Å². The molecule has 2 rings (SSSR count). The van der Waals surface area contributed by atoms with Crippen molar-refractivity contribution in [2.24, 2.45) is 0 Å². The lowest BCUT2D eigenvalue weighted by atomic mass is 10.0. The first-order valence-electron chi connectivity index (χ1n) is 6.81. The topological polar surface area (TPSA) is 85.6 Å². The molecule has 0 aliphatic rings. The minimum atomic E-state index is -1.13. The maximum atomic E-state index is 13.0. The normalized spacial score (nSPS) is 10.3. The molecule has 6 nitrogen and oxygen atoms in total. The molecule has 23 heavy (non-hydrogen) atoms. The second kappa shape index (κ2) is 6.87. The number of carbonyl (C=O) groups is 2. The summed E-state index contributed by atoms with van der Waals surface area (Å²) in [5.74, 6) is -2.43. The number of benzene rings is 1. The van der Waals surface area contributed by atoms with Crippen molar-refractivity contribution < 1.29 is 23.8 Å². The highest BCUT2D eigenvalue weighted by atomic mass is 19.1. The van der Waals surface area contributed by atoms with Crippen LogP contribution in [0, 0.1) is 5.82 Å². The number of carbonyl (C=O) groups excluding carboxylic acids is 1. The molecule has 1 aromatic heterocycles. The molecule has 1 N–H and O–H groups in total. The molecule has 7 heteroatoms. The van der Waals surface area contributed by atoms with E-state index in [-0.39, 0.29) is 17.7 Å². The first-order valence-corrected chi connectivity index (χ1v) is 6.81. The van der Waals surface area contributed by atoms with E-state index in [9.17, 15) is 18.8 Å². The molecule has 0 fully saturated rings. The summed E-state index contributed by atoms with van der Waals surface area (Å²) < 4.78 is 19.0. The van der Waals surface area contributed by atoms with Crippen molar-refractivity contribution in [2.45, 2.75) is 13.5 Å². The average molecular weight is 319 g/mol. The number of halogens is 1. The summed E-state index contributed by atoms with van der Waals surface area (Å²) in [6.07, 6.45) is 2.45. The van der Waals surface area contributed by atoms with Crippen molar-refractivity contribution in [1.82, 2.24) is 4.57 Å². The summed E-state index contributed by atoms with van der Waals surface area (Å²) in [5, 5.41) is 8.90. The fraction of sp³-hybridized carbons (Fsp3) is 0.188. The van der Waals surface area contributed by atoms with Gasteiger partial charge >= 0.3 is 11.9 Å². The molecule has 0 atom stereocenters. The Kier molecular flexibility index (Phi) is 4.90. The standard InChI is InChI=1S/C16H14FNO5/c1-2-23-16(22)13-8-18(9-14(19)20)7-12(15(13)21)10-3-5-11(17)6-4-10/h3-8H,2,9H2,1H3,(H,19,20). The van der Waals surface area contributed by atoms with Crippen molar-refractivity contribution in [3.63, 3.8) is 0 Å². The maximum Gasteiger partial charge on any atom is 0.343 e. The number of ether oxygens (including phenoxy) is 1. The number of hydrogen-bond acceptors (Lipinski definition) is 4. The third-order valence-electron chi connectivity index (χ3n) is 3.05. The Morgan fingerprint density at radius 2 is 1.87 bits per heavy atom. The van der Waals surface area contributed by atoms with Crippen LogP contribution in [-0.4, -0.2) is 28.2 Å². The minimum Gasteiger partial charge on any atom is -0.480 e. The lowest BCUT2D eigenvalue weighted by Gasteiger charge is -2.10. The quantitative estimate of drug-likeness (QED) is 0.851. The van der Waals surface area contributed by atoms with Crippen LogP contribution in [0.5, 0.6) is 0 Å². The van der Waals surface area contributed by atoms with E-state index in [0.717, 1.165) is 6.20 Å². The second-order valence-electron chi connectivity index (χ2n) is 4.71. The van der Waals surface area contributed by atoms with Crippen LogP contribution in [0.4, 0.5) is 4.39 Å². The fourth-order valence-electron chi connectivity index (χ4n) is 2.07. The largest absolute Gasteiger partial charge is 0.480 e. The third kappa shape index (κ3) is 3.82. The van der Waals surface area contributed by atoms with Crippen LogP contribution in [0.3, 0.4) is 0 Å². The molecule has 0 saturated heterocycles. The van der Waals surface area contributed by atoms with Gasteiger partial charge < -0.3 is 14.4 Å². The van der Waals surface area contributed by atoms with Gasteiger partial charge in [-0.05, 0) is 24.6 Å². The highest BCUT2D eigenvalue weighted by Gasteiger charge is 2.17. The zero-order chi connectivity index (χ0) is 17.0. The van der Waals surface area contributed by atoms with E-state index in [4.69, 9.17) is 9.84 Å². The van der Waals surface area contributed by atoms with Gasteiger partial charge in [-0.2, -0.15) is 0 Å². The van der Waals surface area contributed by atoms with E-state index in [1.165, 1.54) is 35.0 Å². The number of nitrogens with zero attached hydrogens (tertiary/aromatic N) is 1. The van der Waals surface area contributed by atoms with Crippen LogP contribution in [0.25, 0.3) is 11.1 Å². The monoisotopic (exact) mass is 319 g/mol. The van der Waals surface area contributed by atoms with Crippen LogP contribution in [0.15, 0.2) is 41.5 Å². The zero-order valence-electron chi connectivity index (χ0n) is 12.3. The molecule has 0 amide bonds. The van der Waals surface area contributed by atoms with Gasteiger partial charge in [-0.15, -0.1) is 0 Å². The van der Waals surface area contributed by atoms with Gasteiger partial charge in [0.25, 0.3) is 0 Å². The summed E-state index contributed by atoms with van der Waals surface area (Å²) in [6, 6.07) is 5.11. The first-order chi connectivity index (χ1) is 10.9. The van der Waals surface area contributed by atoms with Crippen LogP contribution in [0.1, 0.15) is 17.3 Å². The van der Waals surface area contributed by atoms with Crippen LogP contribution in [-0.2, 0) is 16.1 Å². The Morgan fingerprint density at radius 3 is 2.43 bits per heavy atom. The highest BCUT2D eigenvalue weighted by Crippen LogP contribution is 2.17. The lowest BCUT2D eigenvalue weighted by molar-refractivity contribution is -0.137. The lowest BCUT2D eigenvalue weighted by Crippen LogP contribution is -2.23. The zero-order valence-corrected chi connectivity index (χ0v) is 12.3. The van der Waals surface area contributed by atoms with Crippen LogP contribution >= 0.6 is 0 Å². The number of aliphatic carboxylic acids is 1. The summed E-state index contributed by atoms with van der Waals surface area (Å²) in [4.78, 5) is 35.2. The van der Waals surface area contributed by atoms with E-state index in [0.29, 0.717) is 5.56 Å². The van der Waals surface area contributed by atoms with Crippen molar-refractivity contribution in [2.75, 3.05) is 6.61 Å². The predicted molar refractivity (Wildman–Crippen MR) is 79.7 cm³/mol. The number of rotatable bonds is 5. The second-order valence-corrected chi connectivity index (χ2v) is 4.71. The molecule has 0 aliphatic carbocycles. The fourth-order valence-corrected chi connectivity index (χ4v) is 2.07. The van der Waals surface area contributed by atoms with Gasteiger partial charge in [0, 0.05) is 18.0 Å². The van der Waals surface area contributed by atoms with E-state index in [1.807, 2.05) is 0 Å². The Labute approximate surface area is 130 Å². The SMILES string of the molecule is CCOC(=O)c1cn(CC(=O)O)cc(-c2ccc(F)cc2)c1=O. The molecule has 0 saturated carbocycles. The van der Waals surface area contributed by atoms with Gasteiger partial charge in [-0.3, -0.25) is 9.59 Å². The maximum absolute atomic E-state index is 13.0. The Bertz CT molecular complexity index is 795. The number of aromatic nitrogens is 1.